The van der Waals surface area contributed by atoms with Crippen LogP contribution < -0.4 is 35.3 Å². The number of nitrogens with zero attached hydrogens (tertiary/aromatic N) is 1. The van der Waals surface area contributed by atoms with Gasteiger partial charge in [0.25, 0.3) is 0 Å². The second kappa shape index (κ2) is 3.58. The average molecular weight is 156 g/mol. The summed E-state index contributed by atoms with van der Waals surface area (Å²) in [4.78, 5) is 0. The molecule has 0 saturated carbocycles. The van der Waals surface area contributed by atoms with E-state index in [1.54, 1.807) is 0 Å². The van der Waals surface area contributed by atoms with E-state index in [4.69, 9.17) is 5.73 Å². The van der Waals surface area contributed by atoms with Gasteiger partial charge in [-0.25, -0.2) is 0 Å². The van der Waals surface area contributed by atoms with Gasteiger partial charge in [-0.15, -0.1) is 5.10 Å². The maximum absolute atomic E-state index is 5.19. The van der Waals surface area contributed by atoms with Gasteiger partial charge in [0.15, 0.2) is 3.95 Å². The smallest absolute Gasteiger partial charge is 0.374 e. The summed E-state index contributed by atoms with van der Waals surface area (Å²) in [6.07, 6.45) is 0. The Labute approximate surface area is 77.6 Å². The quantitative estimate of drug-likeness (QED) is 0.331. The number of rotatable bonds is 0. The summed E-state index contributed by atoms with van der Waals surface area (Å²) in [6, 6.07) is 0. The Morgan fingerprint density at radius 3 is 2.50 bits per heavy atom. The van der Waals surface area contributed by atoms with Crippen molar-refractivity contribution in [2.45, 2.75) is 0 Å². The van der Waals surface area contributed by atoms with Gasteiger partial charge in [0.05, 0.1) is 0 Å². The van der Waals surface area contributed by atoms with E-state index < -0.39 is 0 Å². The molecule has 8 heavy (non-hydrogen) atoms. The minimum absolute atomic E-state index is 0. The molecule has 3 nitrogen and oxygen atoms in total. The van der Waals surface area contributed by atoms with Crippen LogP contribution >= 0.6 is 23.6 Å². The van der Waals surface area contributed by atoms with E-state index in [0.717, 1.165) is 0 Å². The van der Waals surface area contributed by atoms with E-state index in [0.29, 0.717) is 9.09 Å². The largest absolute Gasteiger partial charge is 1.00 e. The number of anilines is 1. The zero-order valence-electron chi connectivity index (χ0n) is 4.34. The van der Waals surface area contributed by atoms with E-state index in [-0.39, 0.29) is 29.6 Å². The number of aromatic nitrogens is 2. The minimum atomic E-state index is 0. The number of aromatic amines is 1. The standard InChI is InChI=1S/C2H3N3S2.Na/c3-1-4-5-2(6)7-1;/h(H2,3,4)(H,5,6);/q;+1. The molecule has 0 atom stereocenters. The van der Waals surface area contributed by atoms with Gasteiger partial charge in [-0.2, -0.15) is 0 Å². The molecule has 0 aromatic carbocycles. The van der Waals surface area contributed by atoms with Gasteiger partial charge in [-0.05, 0) is 12.2 Å². The van der Waals surface area contributed by atoms with Crippen LogP contribution in [-0.2, 0) is 0 Å². The van der Waals surface area contributed by atoms with Crippen molar-refractivity contribution in [1.82, 2.24) is 10.2 Å². The minimum Gasteiger partial charge on any atom is -0.374 e. The fourth-order valence-electron chi connectivity index (χ4n) is 0.241. The van der Waals surface area contributed by atoms with E-state index in [1.807, 2.05) is 0 Å². The number of nitrogens with one attached hydrogen (secondary N) is 1. The van der Waals surface area contributed by atoms with Crippen molar-refractivity contribution in [3.05, 3.63) is 3.95 Å². The predicted molar refractivity (Wildman–Crippen MR) is 31.7 cm³/mol. The maximum Gasteiger partial charge on any atom is 1.00 e. The van der Waals surface area contributed by atoms with E-state index in [9.17, 15) is 0 Å². The topological polar surface area (TPSA) is 54.7 Å². The molecule has 0 spiro atoms. The van der Waals surface area contributed by atoms with Crippen molar-refractivity contribution in [3.8, 4) is 0 Å². The van der Waals surface area contributed by atoms with Crippen molar-refractivity contribution in [2.24, 2.45) is 0 Å². The molecule has 0 aliphatic rings. The summed E-state index contributed by atoms with van der Waals surface area (Å²) in [5, 5.41) is 6.60. The summed E-state index contributed by atoms with van der Waals surface area (Å²) >= 11 is 5.92. The number of hydrogen-bond donors (Lipinski definition) is 2. The third kappa shape index (κ3) is 2.23. The molecule has 38 valence electrons. The molecule has 0 saturated heterocycles. The Balaban J connectivity index is 0.000000490. The first-order valence-corrected chi connectivity index (χ1v) is 2.82. The summed E-state index contributed by atoms with van der Waals surface area (Å²) < 4.78 is 0.623. The number of hydrogen-bond acceptors (Lipinski definition) is 4. The first kappa shape index (κ1) is 8.58. The molecule has 1 heterocycles. The Bertz CT molecular complexity index is 203. The van der Waals surface area contributed by atoms with E-state index >= 15 is 0 Å². The van der Waals surface area contributed by atoms with Gasteiger partial charge < -0.3 is 5.73 Å². The van der Waals surface area contributed by atoms with Crippen LogP contribution in [0.15, 0.2) is 0 Å². The summed E-state index contributed by atoms with van der Waals surface area (Å²) in [7, 11) is 0. The summed E-state index contributed by atoms with van der Waals surface area (Å²) in [5.74, 6) is 0. The molecule has 0 aliphatic carbocycles. The fraction of sp³-hybridized carbons (Fsp3) is 0. The van der Waals surface area contributed by atoms with Crippen LogP contribution in [0.25, 0.3) is 0 Å². The van der Waals surface area contributed by atoms with Crippen molar-refractivity contribution in [3.63, 3.8) is 0 Å². The second-order valence-electron chi connectivity index (χ2n) is 0.951. The Morgan fingerprint density at radius 2 is 2.38 bits per heavy atom. The van der Waals surface area contributed by atoms with Gasteiger partial charge in [0.2, 0.25) is 5.13 Å². The first-order chi connectivity index (χ1) is 3.29. The molecule has 0 aliphatic heterocycles. The van der Waals surface area contributed by atoms with Crippen LogP contribution in [0.4, 0.5) is 5.13 Å². The normalized spacial score (nSPS) is 8.00. The van der Waals surface area contributed by atoms with Crippen LogP contribution in [0.2, 0.25) is 0 Å². The molecule has 0 unspecified atom stereocenters. The summed E-state index contributed by atoms with van der Waals surface area (Å²) in [6.45, 7) is 0. The van der Waals surface area contributed by atoms with Gasteiger partial charge in [-0.3, -0.25) is 5.10 Å². The fourth-order valence-corrected chi connectivity index (χ4v) is 0.916. The van der Waals surface area contributed by atoms with Gasteiger partial charge in [0, 0.05) is 0 Å². The molecule has 0 fully saturated rings. The van der Waals surface area contributed by atoms with Crippen LogP contribution in [0, 0.1) is 3.95 Å². The van der Waals surface area contributed by atoms with Gasteiger partial charge in [-0.1, -0.05) is 11.3 Å². The molecule has 0 amide bonds. The molecule has 1 aromatic rings. The van der Waals surface area contributed by atoms with Crippen LogP contribution in [0.5, 0.6) is 0 Å². The van der Waals surface area contributed by atoms with E-state index in [1.165, 1.54) is 11.3 Å². The average Bonchev–Trinajstić information content (AvgIpc) is 1.87. The van der Waals surface area contributed by atoms with Crippen molar-refractivity contribution in [1.29, 1.82) is 0 Å². The second-order valence-corrected chi connectivity index (χ2v) is 2.65. The molecule has 1 aromatic heterocycles. The number of H-pyrrole nitrogens is 1. The zero-order valence-corrected chi connectivity index (χ0v) is 7.97. The molecule has 0 bridgehead atoms. The number of nitrogens with two attached hydrogens (primary N) is 1. The molecule has 1 rings (SSSR count). The monoisotopic (exact) mass is 156 g/mol. The predicted octanol–water partition coefficient (Wildman–Crippen LogP) is -2.21. The van der Waals surface area contributed by atoms with Crippen molar-refractivity contribution >= 4 is 28.7 Å². The van der Waals surface area contributed by atoms with Crippen LogP contribution in [-0.4, -0.2) is 10.2 Å². The first-order valence-electron chi connectivity index (χ1n) is 1.60. The maximum atomic E-state index is 5.19. The SMILES string of the molecule is Nc1n[nH]c(=S)s1.[Na+]. The Hall–Kier alpha value is 0.580. The molecule has 0 radical (unpaired) electrons. The Morgan fingerprint density at radius 1 is 1.75 bits per heavy atom. The van der Waals surface area contributed by atoms with Gasteiger partial charge >= 0.3 is 29.6 Å². The molecule has 3 N–H and O–H groups in total. The third-order valence-corrected chi connectivity index (χ3v) is 1.37. The van der Waals surface area contributed by atoms with E-state index in [2.05, 4.69) is 22.4 Å². The van der Waals surface area contributed by atoms with Crippen molar-refractivity contribution < 1.29 is 29.6 Å². The summed E-state index contributed by atoms with van der Waals surface area (Å²) in [5.41, 5.74) is 5.19. The Kier molecular flexibility index (Phi) is 3.84. The van der Waals surface area contributed by atoms with Crippen LogP contribution in [0.1, 0.15) is 0 Å². The third-order valence-electron chi connectivity index (χ3n) is 0.455. The molecular weight excluding hydrogens is 153 g/mol. The molecular formula is C2H3N3NaS2+. The number of nitrogen functional groups attached to an aromatic ring is 1. The molecule has 6 heteroatoms. The zero-order chi connectivity index (χ0) is 5.28. The van der Waals surface area contributed by atoms with Crippen LogP contribution in [0.3, 0.4) is 0 Å². The van der Waals surface area contributed by atoms with Crippen molar-refractivity contribution in [2.75, 3.05) is 5.73 Å². The van der Waals surface area contributed by atoms with Gasteiger partial charge in [0.1, 0.15) is 0 Å².